The number of nitrogens with zero attached hydrogens (tertiary/aromatic N) is 1. The molecule has 1 aliphatic rings. The lowest BCUT2D eigenvalue weighted by molar-refractivity contribution is -0.0107. The number of rotatable bonds is 1. The first-order valence-electron chi connectivity index (χ1n) is 5.86. The van der Waals surface area contributed by atoms with Gasteiger partial charge < -0.3 is 10.0 Å². The molecule has 1 amide bonds. The smallest absolute Gasteiger partial charge is 0.256 e. The molecule has 1 saturated heterocycles. The molecule has 0 aliphatic carbocycles. The monoisotopic (exact) mass is 287 g/mol. The molecule has 0 spiro atoms. The molecular weight excluding hydrogens is 273 g/mol. The largest absolute Gasteiger partial charge is 0.388 e. The second kappa shape index (κ2) is 5.08. The first-order valence-corrected chi connectivity index (χ1v) is 6.62. The molecule has 1 aromatic rings. The van der Waals surface area contributed by atoms with Gasteiger partial charge in [-0.05, 0) is 31.9 Å². The van der Waals surface area contributed by atoms with E-state index < -0.39 is 5.60 Å². The molecule has 1 fully saturated rings. The lowest BCUT2D eigenvalue weighted by Gasteiger charge is -2.37. The maximum Gasteiger partial charge on any atom is 0.256 e. The van der Waals surface area contributed by atoms with Gasteiger partial charge in [-0.3, -0.25) is 4.79 Å². The summed E-state index contributed by atoms with van der Waals surface area (Å²) < 4.78 is 0. The predicted octanol–water partition coefficient (Wildman–Crippen LogP) is 2.98. The molecule has 5 heteroatoms. The highest BCUT2D eigenvalue weighted by Gasteiger charge is 2.32. The predicted molar refractivity (Wildman–Crippen MR) is 72.2 cm³/mol. The summed E-state index contributed by atoms with van der Waals surface area (Å²) in [7, 11) is 0. The Kier molecular flexibility index (Phi) is 3.85. The van der Waals surface area contributed by atoms with Crippen LogP contribution >= 0.6 is 23.2 Å². The van der Waals surface area contributed by atoms with Crippen LogP contribution in [0, 0.1) is 0 Å². The standard InChI is InChI=1S/C13H15Cl2NO2/c1-13(18)6-3-7-16(8-13)12(17)11-9(14)4-2-5-10(11)15/h2,4-5,18H,3,6-8H2,1H3. The minimum Gasteiger partial charge on any atom is -0.388 e. The SMILES string of the molecule is CC1(O)CCCN(C(=O)c2c(Cl)cccc2Cl)C1. The molecule has 0 bridgehead atoms. The summed E-state index contributed by atoms with van der Waals surface area (Å²) in [5.74, 6) is -0.217. The number of aliphatic hydroxyl groups is 1. The third-order valence-corrected chi connectivity index (χ3v) is 3.77. The van der Waals surface area contributed by atoms with E-state index in [9.17, 15) is 9.90 Å². The van der Waals surface area contributed by atoms with Crippen LogP contribution in [0.5, 0.6) is 0 Å². The molecule has 1 unspecified atom stereocenters. The number of amides is 1. The van der Waals surface area contributed by atoms with E-state index in [1.165, 1.54) is 0 Å². The van der Waals surface area contributed by atoms with E-state index in [1.807, 2.05) is 0 Å². The number of halogens is 2. The Bertz CT molecular complexity index is 454. The first-order chi connectivity index (χ1) is 8.41. The Morgan fingerprint density at radius 3 is 2.56 bits per heavy atom. The van der Waals surface area contributed by atoms with E-state index in [1.54, 1.807) is 30.0 Å². The quantitative estimate of drug-likeness (QED) is 0.863. The van der Waals surface area contributed by atoms with E-state index >= 15 is 0 Å². The molecule has 1 heterocycles. The van der Waals surface area contributed by atoms with Gasteiger partial charge in [0, 0.05) is 13.1 Å². The zero-order valence-corrected chi connectivity index (χ0v) is 11.6. The van der Waals surface area contributed by atoms with Gasteiger partial charge >= 0.3 is 0 Å². The third kappa shape index (κ3) is 2.79. The average molecular weight is 288 g/mol. The van der Waals surface area contributed by atoms with Crippen molar-refractivity contribution in [3.63, 3.8) is 0 Å². The summed E-state index contributed by atoms with van der Waals surface area (Å²) in [6, 6.07) is 4.99. The first kappa shape index (κ1) is 13.7. The number of likely N-dealkylation sites (tertiary alicyclic amines) is 1. The van der Waals surface area contributed by atoms with Crippen molar-refractivity contribution in [3.05, 3.63) is 33.8 Å². The number of piperidine rings is 1. The fourth-order valence-corrected chi connectivity index (χ4v) is 2.81. The second-order valence-corrected chi connectivity index (χ2v) is 5.74. The summed E-state index contributed by atoms with van der Waals surface area (Å²) in [5, 5.41) is 10.7. The van der Waals surface area contributed by atoms with E-state index in [2.05, 4.69) is 0 Å². The van der Waals surface area contributed by atoms with E-state index in [0.29, 0.717) is 35.1 Å². The lowest BCUT2D eigenvalue weighted by atomic mass is 9.94. The molecule has 1 N–H and O–H groups in total. The van der Waals surface area contributed by atoms with Gasteiger partial charge in [-0.25, -0.2) is 0 Å². The topological polar surface area (TPSA) is 40.5 Å². The van der Waals surface area contributed by atoms with Crippen molar-refractivity contribution in [2.75, 3.05) is 13.1 Å². The maximum atomic E-state index is 12.4. The highest BCUT2D eigenvalue weighted by molar-refractivity contribution is 6.39. The van der Waals surface area contributed by atoms with Gasteiger partial charge in [0.15, 0.2) is 0 Å². The summed E-state index contributed by atoms with van der Waals surface area (Å²) >= 11 is 12.0. The molecule has 2 rings (SSSR count). The Hall–Kier alpha value is -0.770. The molecule has 1 atom stereocenters. The van der Waals surface area contributed by atoms with Crippen molar-refractivity contribution in [2.24, 2.45) is 0 Å². The fraction of sp³-hybridized carbons (Fsp3) is 0.462. The van der Waals surface area contributed by atoms with Gasteiger partial charge in [0.1, 0.15) is 0 Å². The highest BCUT2D eigenvalue weighted by atomic mass is 35.5. The molecule has 18 heavy (non-hydrogen) atoms. The fourth-order valence-electron chi connectivity index (χ4n) is 2.25. The van der Waals surface area contributed by atoms with Gasteiger partial charge in [0.25, 0.3) is 5.91 Å². The minimum absolute atomic E-state index is 0.217. The summed E-state index contributed by atoms with van der Waals surface area (Å²) in [5.41, 5.74) is -0.514. The van der Waals surface area contributed by atoms with Gasteiger partial charge in [-0.15, -0.1) is 0 Å². The van der Waals surface area contributed by atoms with Gasteiger partial charge in [0.05, 0.1) is 21.2 Å². The lowest BCUT2D eigenvalue weighted by Crippen LogP contribution is -2.48. The second-order valence-electron chi connectivity index (χ2n) is 4.92. The van der Waals surface area contributed by atoms with Crippen LogP contribution in [0.3, 0.4) is 0 Å². The number of hydrogen-bond acceptors (Lipinski definition) is 2. The molecule has 0 saturated carbocycles. The zero-order valence-electron chi connectivity index (χ0n) is 10.1. The normalized spacial score (nSPS) is 24.1. The number of β-amino-alcohol motifs (C(OH)–C–C–N with tert-alkyl or cyclic N) is 1. The molecule has 0 radical (unpaired) electrons. The van der Waals surface area contributed by atoms with Crippen LogP contribution in [0.1, 0.15) is 30.1 Å². The van der Waals surface area contributed by atoms with Crippen molar-refractivity contribution in [1.82, 2.24) is 4.90 Å². The summed E-state index contributed by atoms with van der Waals surface area (Å²) in [6.45, 7) is 2.67. The van der Waals surface area contributed by atoms with Gasteiger partial charge in [-0.1, -0.05) is 29.3 Å². The van der Waals surface area contributed by atoms with Crippen molar-refractivity contribution >= 4 is 29.1 Å². The van der Waals surface area contributed by atoms with Crippen LogP contribution in [-0.2, 0) is 0 Å². The van der Waals surface area contributed by atoms with Crippen molar-refractivity contribution in [3.8, 4) is 0 Å². The number of carbonyl (C=O) groups excluding carboxylic acids is 1. The third-order valence-electron chi connectivity index (χ3n) is 3.14. The molecule has 98 valence electrons. The van der Waals surface area contributed by atoms with E-state index in [-0.39, 0.29) is 5.91 Å². The Morgan fingerprint density at radius 2 is 2.00 bits per heavy atom. The van der Waals surface area contributed by atoms with E-state index in [0.717, 1.165) is 6.42 Å². The van der Waals surface area contributed by atoms with Crippen molar-refractivity contribution in [1.29, 1.82) is 0 Å². The zero-order chi connectivity index (χ0) is 13.3. The van der Waals surface area contributed by atoms with E-state index in [4.69, 9.17) is 23.2 Å². The van der Waals surface area contributed by atoms with Crippen LogP contribution < -0.4 is 0 Å². The molecule has 0 aromatic heterocycles. The average Bonchev–Trinajstić information content (AvgIpc) is 2.27. The minimum atomic E-state index is -0.832. The molecule has 1 aliphatic heterocycles. The highest BCUT2D eigenvalue weighted by Crippen LogP contribution is 2.28. The Morgan fingerprint density at radius 1 is 1.39 bits per heavy atom. The van der Waals surface area contributed by atoms with Crippen LogP contribution in [0.25, 0.3) is 0 Å². The van der Waals surface area contributed by atoms with Gasteiger partial charge in [0.2, 0.25) is 0 Å². The maximum absolute atomic E-state index is 12.4. The van der Waals surface area contributed by atoms with Crippen LogP contribution in [0.2, 0.25) is 10.0 Å². The van der Waals surface area contributed by atoms with Gasteiger partial charge in [-0.2, -0.15) is 0 Å². The number of benzene rings is 1. The number of hydrogen-bond donors (Lipinski definition) is 1. The Labute approximate surface area is 116 Å². The van der Waals surface area contributed by atoms with Crippen LogP contribution in [0.15, 0.2) is 18.2 Å². The summed E-state index contributed by atoms with van der Waals surface area (Å²) in [4.78, 5) is 14.0. The van der Waals surface area contributed by atoms with Crippen molar-refractivity contribution < 1.29 is 9.90 Å². The van der Waals surface area contributed by atoms with Crippen LogP contribution in [0.4, 0.5) is 0 Å². The Balaban J connectivity index is 2.26. The molecular formula is C13H15Cl2NO2. The summed E-state index contributed by atoms with van der Waals surface area (Å²) in [6.07, 6.45) is 1.48. The number of carbonyl (C=O) groups is 1. The van der Waals surface area contributed by atoms with Crippen LogP contribution in [-0.4, -0.2) is 34.6 Å². The molecule has 1 aromatic carbocycles. The molecule has 3 nitrogen and oxygen atoms in total. The van der Waals surface area contributed by atoms with Crippen molar-refractivity contribution in [2.45, 2.75) is 25.4 Å².